The number of hydrazine groups is 1. The largest absolute Gasteiger partial charge is 0.493 e. The van der Waals surface area contributed by atoms with E-state index in [1.807, 2.05) is 0 Å². The van der Waals surface area contributed by atoms with Crippen molar-refractivity contribution < 1.29 is 28.8 Å². The van der Waals surface area contributed by atoms with Crippen molar-refractivity contribution in [1.82, 2.24) is 10.4 Å². The van der Waals surface area contributed by atoms with Gasteiger partial charge < -0.3 is 14.8 Å². The number of carbonyl (C=O) groups excluding carboxylic acids is 3. The molecule has 2 N–H and O–H groups in total. The molecule has 3 amide bonds. The minimum Gasteiger partial charge on any atom is -0.493 e. The molecule has 0 bridgehead atoms. The number of methoxy groups -OCH3 is 1. The van der Waals surface area contributed by atoms with E-state index < -0.39 is 22.6 Å². The first kappa shape index (κ1) is 27.3. The molecule has 3 aromatic carbocycles. The highest BCUT2D eigenvalue weighted by Crippen LogP contribution is 2.34. The summed E-state index contributed by atoms with van der Waals surface area (Å²) in [6, 6.07) is 18.8. The molecule has 1 fully saturated rings. The molecule has 0 radical (unpaired) electrons. The number of nitrogens with one attached hydrogen (secondary N) is 2. The lowest BCUT2D eigenvalue weighted by Gasteiger charge is -2.15. The summed E-state index contributed by atoms with van der Waals surface area (Å²) >= 11 is 6.31. The van der Waals surface area contributed by atoms with Crippen LogP contribution in [0.1, 0.15) is 15.9 Å². The van der Waals surface area contributed by atoms with Crippen LogP contribution in [-0.2, 0) is 9.59 Å². The quantitative estimate of drug-likeness (QED) is 0.170. The van der Waals surface area contributed by atoms with Crippen LogP contribution >= 0.6 is 24.0 Å². The number of non-ortho nitro benzene ring substituents is 1. The van der Waals surface area contributed by atoms with Gasteiger partial charge in [0.2, 0.25) is 0 Å². The van der Waals surface area contributed by atoms with Gasteiger partial charge in [0.05, 0.1) is 16.9 Å². The van der Waals surface area contributed by atoms with Gasteiger partial charge in [0.15, 0.2) is 22.4 Å². The molecule has 1 aliphatic rings. The number of rotatable bonds is 9. The Balaban J connectivity index is 1.40. The summed E-state index contributed by atoms with van der Waals surface area (Å²) in [6.45, 7) is -0.377. The summed E-state index contributed by atoms with van der Waals surface area (Å²) in [5.41, 5.74) is 3.61. The highest BCUT2D eigenvalue weighted by atomic mass is 32.2. The van der Waals surface area contributed by atoms with Crippen LogP contribution in [0.25, 0.3) is 6.08 Å². The van der Waals surface area contributed by atoms with E-state index in [0.717, 1.165) is 16.8 Å². The van der Waals surface area contributed by atoms with Gasteiger partial charge in [-0.2, -0.15) is 5.01 Å². The van der Waals surface area contributed by atoms with Gasteiger partial charge in [-0.15, -0.1) is 0 Å². The van der Waals surface area contributed by atoms with E-state index >= 15 is 0 Å². The van der Waals surface area contributed by atoms with E-state index in [2.05, 4.69) is 10.7 Å². The van der Waals surface area contributed by atoms with E-state index in [1.54, 1.807) is 54.6 Å². The van der Waals surface area contributed by atoms with Gasteiger partial charge >= 0.3 is 0 Å². The number of nitro benzene ring substituents is 1. The number of thiocarbonyl (C=S) groups is 1. The third-order valence-corrected chi connectivity index (χ3v) is 6.53. The number of amides is 3. The molecule has 1 saturated heterocycles. The van der Waals surface area contributed by atoms with E-state index in [-0.39, 0.29) is 28.1 Å². The SMILES string of the molecule is COc1cc(/C=C2\SC(=S)N(NC(=O)c3ccccc3)C2=O)ccc1OCC(=O)Nc1cccc([N+](=O)[O-])c1. The van der Waals surface area contributed by atoms with Crippen LogP contribution in [0, 0.1) is 10.1 Å². The average Bonchev–Trinajstić information content (AvgIpc) is 3.19. The zero-order chi connectivity index (χ0) is 27.9. The highest BCUT2D eigenvalue weighted by Gasteiger charge is 2.33. The van der Waals surface area contributed by atoms with Gasteiger partial charge in [0.25, 0.3) is 23.4 Å². The maximum Gasteiger partial charge on any atom is 0.285 e. The number of nitrogens with zero attached hydrogens (tertiary/aromatic N) is 2. The van der Waals surface area contributed by atoms with Crippen molar-refractivity contribution in [1.29, 1.82) is 0 Å². The van der Waals surface area contributed by atoms with Gasteiger partial charge in [-0.1, -0.05) is 42.1 Å². The van der Waals surface area contributed by atoms with Crippen molar-refractivity contribution in [2.75, 3.05) is 19.0 Å². The molecule has 39 heavy (non-hydrogen) atoms. The fourth-order valence-corrected chi connectivity index (χ4v) is 4.58. The molecular weight excluding hydrogens is 544 g/mol. The van der Waals surface area contributed by atoms with Crippen molar-refractivity contribution in [3.05, 3.63) is 98.9 Å². The van der Waals surface area contributed by atoms with Crippen LogP contribution < -0.4 is 20.2 Å². The van der Waals surface area contributed by atoms with Gasteiger partial charge in [-0.05, 0) is 54.2 Å². The molecule has 198 valence electrons. The second-order valence-electron chi connectivity index (χ2n) is 7.88. The number of hydrogen-bond donors (Lipinski definition) is 2. The molecule has 0 aromatic heterocycles. The van der Waals surface area contributed by atoms with Gasteiger partial charge in [0.1, 0.15) is 0 Å². The molecule has 0 saturated carbocycles. The van der Waals surface area contributed by atoms with Crippen LogP contribution in [-0.4, -0.2) is 45.7 Å². The molecule has 13 heteroatoms. The summed E-state index contributed by atoms with van der Waals surface area (Å²) in [7, 11) is 1.42. The molecule has 11 nitrogen and oxygen atoms in total. The Hall–Kier alpha value is -4.75. The standard InChI is InChI=1S/C26H20N4O7S2/c1-36-21-12-16(10-11-20(21)37-15-23(31)27-18-8-5-9-19(14-18)30(34)35)13-22-25(33)29(26(38)39-22)28-24(32)17-6-3-2-4-7-17/h2-14H,15H2,1H3,(H,27,31)(H,28,32)/b22-13-. The predicted molar refractivity (Wildman–Crippen MR) is 149 cm³/mol. The van der Waals surface area contributed by atoms with E-state index in [9.17, 15) is 24.5 Å². The van der Waals surface area contributed by atoms with Crippen LogP contribution in [0.2, 0.25) is 0 Å². The zero-order valence-corrected chi connectivity index (χ0v) is 21.9. The number of nitro groups is 1. The summed E-state index contributed by atoms with van der Waals surface area (Å²) in [6.07, 6.45) is 1.59. The lowest BCUT2D eigenvalue weighted by atomic mass is 10.2. The fourth-order valence-electron chi connectivity index (χ4n) is 3.40. The second-order valence-corrected chi connectivity index (χ2v) is 9.55. The lowest BCUT2D eigenvalue weighted by molar-refractivity contribution is -0.384. The number of hydrogen-bond acceptors (Lipinski definition) is 9. The first-order valence-corrected chi connectivity index (χ1v) is 12.5. The first-order chi connectivity index (χ1) is 18.7. The number of ether oxygens (including phenoxy) is 2. The third-order valence-electron chi connectivity index (χ3n) is 5.23. The van der Waals surface area contributed by atoms with Crippen molar-refractivity contribution >= 4 is 63.5 Å². The summed E-state index contributed by atoms with van der Waals surface area (Å²) < 4.78 is 11.1. The van der Waals surface area contributed by atoms with Crippen molar-refractivity contribution in [3.8, 4) is 11.5 Å². The van der Waals surface area contributed by atoms with Gasteiger partial charge in [0, 0.05) is 23.4 Å². The van der Waals surface area contributed by atoms with Crippen LogP contribution in [0.15, 0.2) is 77.7 Å². The maximum absolute atomic E-state index is 12.9. The monoisotopic (exact) mass is 564 g/mol. The normalized spacial score (nSPS) is 13.8. The Bertz CT molecular complexity index is 1490. The first-order valence-electron chi connectivity index (χ1n) is 11.2. The smallest absolute Gasteiger partial charge is 0.285 e. The third kappa shape index (κ3) is 6.77. The van der Waals surface area contributed by atoms with Crippen molar-refractivity contribution in [3.63, 3.8) is 0 Å². The maximum atomic E-state index is 12.9. The molecule has 0 spiro atoms. The highest BCUT2D eigenvalue weighted by molar-refractivity contribution is 8.26. The zero-order valence-electron chi connectivity index (χ0n) is 20.3. The molecule has 0 atom stereocenters. The van der Waals surface area contributed by atoms with E-state index in [1.165, 1.54) is 31.4 Å². The number of thioether (sulfide) groups is 1. The van der Waals surface area contributed by atoms with Crippen molar-refractivity contribution in [2.45, 2.75) is 0 Å². The second kappa shape index (κ2) is 12.2. The Labute approximate surface area is 231 Å². The molecule has 1 heterocycles. The number of benzene rings is 3. The van der Waals surface area contributed by atoms with Crippen LogP contribution in [0.5, 0.6) is 11.5 Å². The van der Waals surface area contributed by atoms with Gasteiger partial charge in [-0.25, -0.2) is 0 Å². The minimum atomic E-state index is -0.558. The van der Waals surface area contributed by atoms with Gasteiger partial charge in [-0.3, -0.25) is 29.9 Å². The molecule has 3 aromatic rings. The minimum absolute atomic E-state index is 0.151. The molecule has 0 unspecified atom stereocenters. The summed E-state index contributed by atoms with van der Waals surface area (Å²) in [5, 5.41) is 14.5. The Kier molecular flexibility index (Phi) is 8.53. The summed E-state index contributed by atoms with van der Waals surface area (Å²) in [5.74, 6) is -0.897. The van der Waals surface area contributed by atoms with Crippen LogP contribution in [0.4, 0.5) is 11.4 Å². The molecule has 1 aliphatic heterocycles. The number of anilines is 1. The number of carbonyl (C=O) groups is 3. The molecule has 4 rings (SSSR count). The van der Waals surface area contributed by atoms with E-state index in [4.69, 9.17) is 21.7 Å². The Morgan fingerprint density at radius 3 is 2.56 bits per heavy atom. The molecule has 0 aliphatic carbocycles. The predicted octanol–water partition coefficient (Wildman–Crippen LogP) is 4.17. The van der Waals surface area contributed by atoms with E-state index in [0.29, 0.717) is 21.8 Å². The topological polar surface area (TPSA) is 140 Å². The van der Waals surface area contributed by atoms with Crippen molar-refractivity contribution in [2.24, 2.45) is 0 Å². The average molecular weight is 565 g/mol. The Morgan fingerprint density at radius 2 is 1.85 bits per heavy atom. The lowest BCUT2D eigenvalue weighted by Crippen LogP contribution is -2.44. The fraction of sp³-hybridized carbons (Fsp3) is 0.0769. The summed E-state index contributed by atoms with van der Waals surface area (Å²) in [4.78, 5) is 48.3. The molecular formula is C26H20N4O7S2. The Morgan fingerprint density at radius 1 is 1.08 bits per heavy atom. The van der Waals surface area contributed by atoms with Crippen LogP contribution in [0.3, 0.4) is 0 Å².